The maximum Gasteiger partial charge on any atom is 0.163 e. The van der Waals surface area contributed by atoms with E-state index in [1.54, 1.807) is 10.9 Å². The van der Waals surface area contributed by atoms with Crippen molar-refractivity contribution in [3.8, 4) is 0 Å². The Morgan fingerprint density at radius 1 is 1.30 bits per heavy atom. The van der Waals surface area contributed by atoms with E-state index < -0.39 is 0 Å². The summed E-state index contributed by atoms with van der Waals surface area (Å²) in [7, 11) is 3.75. The van der Waals surface area contributed by atoms with E-state index in [9.17, 15) is 0 Å². The average molecular weight is 275 g/mol. The van der Waals surface area contributed by atoms with Crippen molar-refractivity contribution >= 4 is 16.9 Å². The Hall–Kier alpha value is -1.69. The van der Waals surface area contributed by atoms with E-state index in [0.29, 0.717) is 12.7 Å². The Bertz CT molecular complexity index is 589. The van der Waals surface area contributed by atoms with Gasteiger partial charge in [0.15, 0.2) is 11.5 Å². The molecule has 1 fully saturated rings. The third-order valence-electron chi connectivity index (χ3n) is 3.88. The molecule has 1 aliphatic rings. The molecule has 0 saturated heterocycles. The third kappa shape index (κ3) is 2.60. The van der Waals surface area contributed by atoms with Gasteiger partial charge in [-0.3, -0.25) is 4.68 Å². The van der Waals surface area contributed by atoms with Crippen molar-refractivity contribution in [3.05, 3.63) is 12.0 Å². The number of nitrogens with zero attached hydrogens (tertiary/aromatic N) is 4. The van der Waals surface area contributed by atoms with E-state index in [1.807, 2.05) is 14.1 Å². The summed E-state index contributed by atoms with van der Waals surface area (Å²) in [6, 6.07) is 0. The summed E-state index contributed by atoms with van der Waals surface area (Å²) in [5.74, 6) is 1.53. The number of anilines is 1. The van der Waals surface area contributed by atoms with Gasteiger partial charge < -0.3 is 10.1 Å². The molecule has 2 aromatic rings. The van der Waals surface area contributed by atoms with Crippen molar-refractivity contribution in [3.63, 3.8) is 0 Å². The molecule has 1 saturated carbocycles. The molecule has 3 rings (SSSR count). The number of fused-ring (bicyclic) bond motifs is 1. The minimum atomic E-state index is 0.368. The zero-order valence-corrected chi connectivity index (χ0v) is 12.1. The Morgan fingerprint density at radius 2 is 2.10 bits per heavy atom. The molecule has 6 nitrogen and oxygen atoms in total. The molecule has 108 valence electrons. The van der Waals surface area contributed by atoms with Gasteiger partial charge in [0.1, 0.15) is 12.4 Å². The Balaban J connectivity index is 1.78. The first-order chi connectivity index (χ1) is 9.78. The molecule has 0 spiro atoms. The first kappa shape index (κ1) is 13.3. The molecule has 6 heteroatoms. The number of aromatic nitrogens is 4. The van der Waals surface area contributed by atoms with Crippen molar-refractivity contribution in [2.75, 3.05) is 12.4 Å². The normalized spacial score (nSPS) is 16.7. The van der Waals surface area contributed by atoms with Crippen LogP contribution in [0.3, 0.4) is 0 Å². The lowest BCUT2D eigenvalue weighted by molar-refractivity contribution is 0.0137. The summed E-state index contributed by atoms with van der Waals surface area (Å²) in [4.78, 5) is 9.07. The van der Waals surface area contributed by atoms with Gasteiger partial charge in [-0.2, -0.15) is 5.10 Å². The quantitative estimate of drug-likeness (QED) is 0.927. The summed E-state index contributed by atoms with van der Waals surface area (Å²) in [6.07, 6.45) is 8.35. The van der Waals surface area contributed by atoms with Crippen LogP contribution in [0.15, 0.2) is 6.20 Å². The smallest absolute Gasteiger partial charge is 0.163 e. The third-order valence-corrected chi connectivity index (χ3v) is 3.88. The van der Waals surface area contributed by atoms with Crippen molar-refractivity contribution in [1.29, 1.82) is 0 Å². The molecular formula is C14H21N5O. The summed E-state index contributed by atoms with van der Waals surface area (Å²) >= 11 is 0. The van der Waals surface area contributed by atoms with Crippen molar-refractivity contribution < 1.29 is 4.74 Å². The van der Waals surface area contributed by atoms with Gasteiger partial charge in [-0.15, -0.1) is 0 Å². The maximum atomic E-state index is 5.95. The zero-order chi connectivity index (χ0) is 13.9. The van der Waals surface area contributed by atoms with Crippen LogP contribution < -0.4 is 5.32 Å². The van der Waals surface area contributed by atoms with Gasteiger partial charge in [-0.1, -0.05) is 19.3 Å². The minimum Gasteiger partial charge on any atom is -0.372 e. The predicted molar refractivity (Wildman–Crippen MR) is 77.5 cm³/mol. The number of ether oxygens (including phenoxy) is 1. The van der Waals surface area contributed by atoms with E-state index in [0.717, 1.165) is 35.5 Å². The lowest BCUT2D eigenvalue weighted by Crippen LogP contribution is -2.17. The van der Waals surface area contributed by atoms with E-state index in [2.05, 4.69) is 20.4 Å². The molecule has 0 radical (unpaired) electrons. The lowest BCUT2D eigenvalue weighted by Gasteiger charge is -2.21. The molecular weight excluding hydrogens is 254 g/mol. The molecule has 0 aromatic carbocycles. The SMILES string of the molecule is CNc1nc(COC2CCCCC2)nc2c1cnn2C. The van der Waals surface area contributed by atoms with E-state index in [4.69, 9.17) is 4.74 Å². The average Bonchev–Trinajstić information content (AvgIpc) is 2.87. The number of aryl methyl sites for hydroxylation is 1. The first-order valence-corrected chi connectivity index (χ1v) is 7.26. The molecule has 0 amide bonds. The van der Waals surface area contributed by atoms with Crippen LogP contribution in [0, 0.1) is 0 Å². The highest BCUT2D eigenvalue weighted by atomic mass is 16.5. The van der Waals surface area contributed by atoms with Gasteiger partial charge in [0.05, 0.1) is 17.7 Å². The fourth-order valence-corrected chi connectivity index (χ4v) is 2.75. The molecule has 0 bridgehead atoms. The molecule has 2 aromatic heterocycles. The Morgan fingerprint density at radius 3 is 2.85 bits per heavy atom. The van der Waals surface area contributed by atoms with Crippen LogP contribution in [0.25, 0.3) is 11.0 Å². The van der Waals surface area contributed by atoms with Crippen molar-refractivity contribution in [2.45, 2.75) is 44.8 Å². The molecule has 1 aliphatic carbocycles. The van der Waals surface area contributed by atoms with E-state index in [1.165, 1.54) is 19.3 Å². The zero-order valence-electron chi connectivity index (χ0n) is 12.1. The topological polar surface area (TPSA) is 64.9 Å². The summed E-state index contributed by atoms with van der Waals surface area (Å²) in [5.41, 5.74) is 0.839. The van der Waals surface area contributed by atoms with Crippen molar-refractivity contribution in [2.24, 2.45) is 7.05 Å². The molecule has 0 unspecified atom stereocenters. The van der Waals surface area contributed by atoms with Crippen LogP contribution in [0.4, 0.5) is 5.82 Å². The fraction of sp³-hybridized carbons (Fsp3) is 0.643. The summed E-state index contributed by atoms with van der Waals surface area (Å²) in [5, 5.41) is 8.27. The van der Waals surface area contributed by atoms with Crippen LogP contribution in [0.5, 0.6) is 0 Å². The van der Waals surface area contributed by atoms with Crippen LogP contribution >= 0.6 is 0 Å². The molecule has 20 heavy (non-hydrogen) atoms. The van der Waals surface area contributed by atoms with Gasteiger partial charge >= 0.3 is 0 Å². The maximum absolute atomic E-state index is 5.95. The molecule has 0 aliphatic heterocycles. The van der Waals surface area contributed by atoms with Crippen molar-refractivity contribution in [1.82, 2.24) is 19.7 Å². The second-order valence-corrected chi connectivity index (χ2v) is 5.31. The monoisotopic (exact) mass is 275 g/mol. The predicted octanol–water partition coefficient (Wildman–Crippen LogP) is 2.25. The summed E-state index contributed by atoms with van der Waals surface area (Å²) in [6.45, 7) is 0.473. The molecule has 0 atom stereocenters. The number of hydrogen-bond acceptors (Lipinski definition) is 5. The Labute approximate surface area is 118 Å². The standard InChI is InChI=1S/C14H21N5O/c1-15-13-11-8-16-19(2)14(11)18-12(17-13)9-20-10-6-4-3-5-7-10/h8,10H,3-7,9H2,1-2H3,(H,15,17,18). The highest BCUT2D eigenvalue weighted by Crippen LogP contribution is 2.22. The van der Waals surface area contributed by atoms with Gasteiger partial charge in [-0.05, 0) is 12.8 Å². The van der Waals surface area contributed by atoms with Gasteiger partial charge in [0.2, 0.25) is 0 Å². The minimum absolute atomic E-state index is 0.368. The lowest BCUT2D eigenvalue weighted by atomic mass is 9.98. The number of nitrogens with one attached hydrogen (secondary N) is 1. The van der Waals surface area contributed by atoms with E-state index in [-0.39, 0.29) is 0 Å². The highest BCUT2D eigenvalue weighted by Gasteiger charge is 2.16. The van der Waals surface area contributed by atoms with Crippen LogP contribution in [-0.4, -0.2) is 32.9 Å². The number of rotatable bonds is 4. The second kappa shape index (κ2) is 5.75. The largest absolute Gasteiger partial charge is 0.372 e. The van der Waals surface area contributed by atoms with Crippen LogP contribution in [0.1, 0.15) is 37.9 Å². The first-order valence-electron chi connectivity index (χ1n) is 7.26. The van der Waals surface area contributed by atoms with Crippen LogP contribution in [-0.2, 0) is 18.4 Å². The fourth-order valence-electron chi connectivity index (χ4n) is 2.75. The molecule has 2 heterocycles. The Kier molecular flexibility index (Phi) is 3.82. The molecule has 1 N–H and O–H groups in total. The van der Waals surface area contributed by atoms with E-state index >= 15 is 0 Å². The van der Waals surface area contributed by atoms with Gasteiger partial charge in [-0.25, -0.2) is 9.97 Å². The second-order valence-electron chi connectivity index (χ2n) is 5.31. The highest BCUT2D eigenvalue weighted by molar-refractivity contribution is 5.86. The van der Waals surface area contributed by atoms with Gasteiger partial charge in [0.25, 0.3) is 0 Å². The summed E-state index contributed by atoms with van der Waals surface area (Å²) < 4.78 is 7.72. The van der Waals surface area contributed by atoms with Gasteiger partial charge in [0, 0.05) is 14.1 Å². The van der Waals surface area contributed by atoms with Crippen LogP contribution in [0.2, 0.25) is 0 Å². The number of hydrogen-bond donors (Lipinski definition) is 1.